The van der Waals surface area contributed by atoms with Crippen molar-refractivity contribution in [1.29, 1.82) is 10.5 Å². The Morgan fingerprint density at radius 2 is 1.70 bits per heavy atom. The molecule has 3 heteroatoms. The summed E-state index contributed by atoms with van der Waals surface area (Å²) in [7, 11) is 4.00. The van der Waals surface area contributed by atoms with Gasteiger partial charge >= 0.3 is 0 Å². The van der Waals surface area contributed by atoms with Crippen molar-refractivity contribution in [3.8, 4) is 12.1 Å². The molecule has 0 aliphatic rings. The molecular formula is C17H17N3. The van der Waals surface area contributed by atoms with Crippen molar-refractivity contribution in [2.75, 3.05) is 19.0 Å². The molecule has 0 heterocycles. The minimum absolute atomic E-state index is 0.389. The normalized spacial score (nSPS) is 12.1. The van der Waals surface area contributed by atoms with Crippen LogP contribution in [0.4, 0.5) is 5.69 Å². The Hall–Kier alpha value is -2.78. The zero-order valence-electron chi connectivity index (χ0n) is 12.0. The van der Waals surface area contributed by atoms with Gasteiger partial charge in [-0.2, -0.15) is 10.5 Å². The summed E-state index contributed by atoms with van der Waals surface area (Å²) in [5.74, 6) is 0. The lowest BCUT2D eigenvalue weighted by Gasteiger charge is -2.11. The molecule has 0 N–H and O–H groups in total. The zero-order valence-corrected chi connectivity index (χ0v) is 12.0. The highest BCUT2D eigenvalue weighted by molar-refractivity contribution is 5.57. The number of benzene rings is 1. The number of nitriles is 2. The Bertz CT molecular complexity index is 618. The van der Waals surface area contributed by atoms with E-state index in [1.54, 1.807) is 19.1 Å². The van der Waals surface area contributed by atoms with Crippen LogP contribution < -0.4 is 4.90 Å². The Labute approximate surface area is 120 Å². The lowest BCUT2D eigenvalue weighted by atomic mass is 10.1. The summed E-state index contributed by atoms with van der Waals surface area (Å²) in [5, 5.41) is 17.6. The minimum Gasteiger partial charge on any atom is -0.378 e. The van der Waals surface area contributed by atoms with Gasteiger partial charge in [-0.25, -0.2) is 0 Å². The highest BCUT2D eigenvalue weighted by Crippen LogP contribution is 2.13. The number of anilines is 1. The molecule has 0 saturated carbocycles. The molecule has 0 fully saturated rings. The molecule has 0 atom stereocenters. The molecule has 3 nitrogen and oxygen atoms in total. The molecule has 100 valence electrons. The number of nitrogens with zero attached hydrogens (tertiary/aromatic N) is 3. The van der Waals surface area contributed by atoms with Gasteiger partial charge in [0.05, 0.1) is 11.6 Å². The van der Waals surface area contributed by atoms with Gasteiger partial charge in [0.1, 0.15) is 6.07 Å². The predicted octanol–water partition coefficient (Wildman–Crippen LogP) is 3.69. The number of allylic oxidation sites excluding steroid dienone is 5. The fraction of sp³-hybridized carbons (Fsp3) is 0.176. The van der Waals surface area contributed by atoms with E-state index < -0.39 is 0 Å². The maximum Gasteiger partial charge on any atom is 0.100 e. The summed E-state index contributed by atoms with van der Waals surface area (Å²) in [6.45, 7) is 1.63. The second-order valence-corrected chi connectivity index (χ2v) is 4.47. The second kappa shape index (κ2) is 7.61. The van der Waals surface area contributed by atoms with Gasteiger partial charge < -0.3 is 4.90 Å². The average Bonchev–Trinajstić information content (AvgIpc) is 2.47. The highest BCUT2D eigenvalue weighted by atomic mass is 15.1. The van der Waals surface area contributed by atoms with Crippen LogP contribution >= 0.6 is 0 Å². The molecule has 0 unspecified atom stereocenters. The van der Waals surface area contributed by atoms with Crippen molar-refractivity contribution in [3.63, 3.8) is 0 Å². The molecule has 0 aliphatic heterocycles. The molecule has 0 amide bonds. The first-order chi connectivity index (χ1) is 9.58. The van der Waals surface area contributed by atoms with Crippen molar-refractivity contribution in [2.45, 2.75) is 6.92 Å². The number of rotatable bonds is 4. The summed E-state index contributed by atoms with van der Waals surface area (Å²) in [6, 6.07) is 12.1. The molecule has 0 bridgehead atoms. The first-order valence-corrected chi connectivity index (χ1v) is 6.21. The van der Waals surface area contributed by atoms with Crippen LogP contribution in [0.1, 0.15) is 12.5 Å². The predicted molar refractivity (Wildman–Crippen MR) is 82.9 cm³/mol. The van der Waals surface area contributed by atoms with Crippen molar-refractivity contribution in [2.24, 2.45) is 0 Å². The van der Waals surface area contributed by atoms with E-state index in [1.165, 1.54) is 0 Å². The van der Waals surface area contributed by atoms with E-state index >= 15 is 0 Å². The Morgan fingerprint density at radius 3 is 2.20 bits per heavy atom. The summed E-state index contributed by atoms with van der Waals surface area (Å²) < 4.78 is 0. The van der Waals surface area contributed by atoms with Crippen molar-refractivity contribution >= 4 is 11.8 Å². The van der Waals surface area contributed by atoms with E-state index in [0.29, 0.717) is 11.1 Å². The molecule has 0 saturated heterocycles. The third-order valence-corrected chi connectivity index (χ3v) is 2.76. The maximum absolute atomic E-state index is 8.89. The average molecular weight is 263 g/mol. The van der Waals surface area contributed by atoms with Crippen molar-refractivity contribution in [1.82, 2.24) is 0 Å². The van der Waals surface area contributed by atoms with E-state index in [0.717, 1.165) is 11.3 Å². The van der Waals surface area contributed by atoms with E-state index in [1.807, 2.05) is 67.6 Å². The lowest BCUT2D eigenvalue weighted by molar-refractivity contribution is 1.13. The third-order valence-electron chi connectivity index (χ3n) is 2.76. The summed E-state index contributed by atoms with van der Waals surface area (Å²) >= 11 is 0. The molecule has 0 spiro atoms. The van der Waals surface area contributed by atoms with Gasteiger partial charge in [0.25, 0.3) is 0 Å². The molecular weight excluding hydrogens is 246 g/mol. The summed E-state index contributed by atoms with van der Waals surface area (Å²) in [6.07, 6.45) is 7.21. The van der Waals surface area contributed by atoms with Crippen LogP contribution in [-0.2, 0) is 0 Å². The Kier molecular flexibility index (Phi) is 5.81. The van der Waals surface area contributed by atoms with Crippen LogP contribution in [0.5, 0.6) is 0 Å². The zero-order chi connectivity index (χ0) is 15.0. The van der Waals surface area contributed by atoms with Crippen LogP contribution in [0.15, 0.2) is 53.6 Å². The topological polar surface area (TPSA) is 50.8 Å². The molecule has 0 aromatic heterocycles. The first-order valence-electron chi connectivity index (χ1n) is 6.21. The monoisotopic (exact) mass is 263 g/mol. The second-order valence-electron chi connectivity index (χ2n) is 4.47. The third kappa shape index (κ3) is 4.48. The molecule has 1 aromatic rings. The van der Waals surface area contributed by atoms with Gasteiger partial charge in [-0.05, 0) is 30.7 Å². The Balaban J connectivity index is 2.75. The first kappa shape index (κ1) is 15.3. The van der Waals surface area contributed by atoms with E-state index in [9.17, 15) is 0 Å². The SMILES string of the molecule is C/C(C#N)=C(\C#N)C=CC=Cc1ccc(N(C)C)cc1. The van der Waals surface area contributed by atoms with Gasteiger partial charge in [0, 0.05) is 25.4 Å². The lowest BCUT2D eigenvalue weighted by Crippen LogP contribution is -2.07. The van der Waals surface area contributed by atoms with Crippen LogP contribution in [0, 0.1) is 22.7 Å². The van der Waals surface area contributed by atoms with Crippen LogP contribution in [0.2, 0.25) is 0 Å². The molecule has 0 aliphatic carbocycles. The van der Waals surface area contributed by atoms with Gasteiger partial charge in [-0.15, -0.1) is 0 Å². The molecule has 0 radical (unpaired) electrons. The summed E-state index contributed by atoms with van der Waals surface area (Å²) in [5.41, 5.74) is 3.05. The van der Waals surface area contributed by atoms with Crippen LogP contribution in [0.3, 0.4) is 0 Å². The van der Waals surface area contributed by atoms with E-state index in [2.05, 4.69) is 0 Å². The standard InChI is InChI=1S/C17H17N3/c1-14(12-18)16(13-19)7-5-4-6-15-8-10-17(11-9-15)20(2)3/h4-11H,1-3H3/b6-4?,7-5?,16-14+. The molecule has 1 rings (SSSR count). The minimum atomic E-state index is 0.389. The number of hydrogen-bond acceptors (Lipinski definition) is 3. The summed E-state index contributed by atoms with van der Waals surface area (Å²) in [4.78, 5) is 2.04. The molecule has 1 aromatic carbocycles. The fourth-order valence-electron chi connectivity index (χ4n) is 1.51. The van der Waals surface area contributed by atoms with Crippen molar-refractivity contribution < 1.29 is 0 Å². The van der Waals surface area contributed by atoms with E-state index in [4.69, 9.17) is 10.5 Å². The number of hydrogen-bond donors (Lipinski definition) is 0. The quantitative estimate of drug-likeness (QED) is 0.615. The highest BCUT2D eigenvalue weighted by Gasteiger charge is 1.95. The van der Waals surface area contributed by atoms with Crippen LogP contribution in [-0.4, -0.2) is 14.1 Å². The largest absolute Gasteiger partial charge is 0.378 e. The van der Waals surface area contributed by atoms with Gasteiger partial charge in [-0.1, -0.05) is 30.4 Å². The Morgan fingerprint density at radius 1 is 1.05 bits per heavy atom. The van der Waals surface area contributed by atoms with Crippen LogP contribution in [0.25, 0.3) is 6.08 Å². The van der Waals surface area contributed by atoms with Gasteiger partial charge in [0.2, 0.25) is 0 Å². The molecule has 20 heavy (non-hydrogen) atoms. The van der Waals surface area contributed by atoms with Crippen molar-refractivity contribution in [3.05, 3.63) is 59.2 Å². The maximum atomic E-state index is 8.89. The van der Waals surface area contributed by atoms with Gasteiger partial charge in [0.15, 0.2) is 0 Å². The smallest absolute Gasteiger partial charge is 0.100 e. The van der Waals surface area contributed by atoms with E-state index in [-0.39, 0.29) is 0 Å². The van der Waals surface area contributed by atoms with Gasteiger partial charge in [-0.3, -0.25) is 0 Å². The fourth-order valence-corrected chi connectivity index (χ4v) is 1.51.